The fourth-order valence-corrected chi connectivity index (χ4v) is 3.54. The summed E-state index contributed by atoms with van der Waals surface area (Å²) in [5.74, 6) is 0.731. The Balaban J connectivity index is 1.59. The molecule has 0 spiro atoms. The Labute approximate surface area is 121 Å². The Morgan fingerprint density at radius 3 is 2.80 bits per heavy atom. The zero-order valence-electron chi connectivity index (χ0n) is 12.4. The molecule has 20 heavy (non-hydrogen) atoms. The second-order valence-corrected chi connectivity index (χ2v) is 6.37. The van der Waals surface area contributed by atoms with E-state index in [1.807, 2.05) is 6.07 Å². The summed E-state index contributed by atoms with van der Waals surface area (Å²) >= 11 is 0. The van der Waals surface area contributed by atoms with Gasteiger partial charge in [0.2, 0.25) is 0 Å². The number of fused-ring (bicyclic) bond motifs is 1. The van der Waals surface area contributed by atoms with Crippen LogP contribution in [0.25, 0.3) is 0 Å². The molecule has 0 amide bonds. The fourth-order valence-electron chi connectivity index (χ4n) is 3.54. The van der Waals surface area contributed by atoms with Gasteiger partial charge >= 0.3 is 0 Å². The highest BCUT2D eigenvalue weighted by atomic mass is 16.5. The highest BCUT2D eigenvalue weighted by Gasteiger charge is 2.23. The molecular weight excluding hydrogens is 248 g/mol. The number of hydrogen-bond acceptors (Lipinski definition) is 2. The molecule has 0 saturated heterocycles. The van der Waals surface area contributed by atoms with Crippen LogP contribution in [0.4, 0.5) is 0 Å². The quantitative estimate of drug-likeness (QED) is 0.776. The van der Waals surface area contributed by atoms with E-state index in [9.17, 15) is 4.79 Å². The van der Waals surface area contributed by atoms with E-state index >= 15 is 0 Å². The Hall–Kier alpha value is -1.15. The maximum absolute atomic E-state index is 12.3. The van der Waals surface area contributed by atoms with Crippen molar-refractivity contribution in [3.8, 4) is 0 Å². The summed E-state index contributed by atoms with van der Waals surface area (Å²) in [5, 5.41) is 0. The Morgan fingerprint density at radius 2 is 1.95 bits per heavy atom. The molecule has 1 aromatic carbocycles. The maximum Gasteiger partial charge on any atom is 0.188 e. The first-order chi connectivity index (χ1) is 9.74. The third kappa shape index (κ3) is 2.95. The lowest BCUT2D eigenvalue weighted by molar-refractivity contribution is 0.000747. The van der Waals surface area contributed by atoms with Crippen LogP contribution in [0.3, 0.4) is 0 Å². The van der Waals surface area contributed by atoms with Gasteiger partial charge in [-0.25, -0.2) is 0 Å². The highest BCUT2D eigenvalue weighted by molar-refractivity contribution is 5.97. The van der Waals surface area contributed by atoms with Gasteiger partial charge in [0.15, 0.2) is 5.78 Å². The summed E-state index contributed by atoms with van der Waals surface area (Å²) in [7, 11) is 0. The van der Waals surface area contributed by atoms with E-state index in [-0.39, 0.29) is 18.5 Å². The molecule has 1 fully saturated rings. The van der Waals surface area contributed by atoms with Crippen LogP contribution in [0.5, 0.6) is 0 Å². The average molecular weight is 272 g/mol. The number of Topliss-reactive ketones (excluding diaryl/α,β-unsaturated/α-hetero) is 1. The minimum absolute atomic E-state index is 0.137. The molecule has 0 bridgehead atoms. The van der Waals surface area contributed by atoms with E-state index in [0.29, 0.717) is 5.92 Å². The van der Waals surface area contributed by atoms with Crippen LogP contribution in [0, 0.1) is 5.92 Å². The summed E-state index contributed by atoms with van der Waals surface area (Å²) in [6.45, 7) is 2.48. The van der Waals surface area contributed by atoms with E-state index in [4.69, 9.17) is 4.74 Å². The number of ether oxygens (including phenoxy) is 1. The van der Waals surface area contributed by atoms with E-state index in [1.54, 1.807) is 0 Å². The van der Waals surface area contributed by atoms with Crippen molar-refractivity contribution in [3.05, 3.63) is 34.9 Å². The first-order valence-corrected chi connectivity index (χ1v) is 8.00. The van der Waals surface area contributed by atoms with E-state index in [0.717, 1.165) is 18.4 Å². The van der Waals surface area contributed by atoms with Gasteiger partial charge in [0, 0.05) is 5.56 Å². The SMILES string of the molecule is CC1CCCCC1OCC(=O)c1ccc2c(c1)CCC2. The molecule has 1 aromatic rings. The molecule has 108 valence electrons. The topological polar surface area (TPSA) is 26.3 Å². The Kier molecular flexibility index (Phi) is 4.21. The van der Waals surface area contributed by atoms with Crippen LogP contribution in [-0.2, 0) is 17.6 Å². The molecule has 0 aromatic heterocycles. The van der Waals surface area contributed by atoms with Crippen molar-refractivity contribution in [1.29, 1.82) is 0 Å². The average Bonchev–Trinajstić information content (AvgIpc) is 2.93. The van der Waals surface area contributed by atoms with Crippen molar-refractivity contribution in [1.82, 2.24) is 0 Å². The molecule has 2 aliphatic rings. The lowest BCUT2D eigenvalue weighted by Gasteiger charge is -2.28. The van der Waals surface area contributed by atoms with E-state index < -0.39 is 0 Å². The van der Waals surface area contributed by atoms with Gasteiger partial charge in [0.1, 0.15) is 6.61 Å². The first-order valence-electron chi connectivity index (χ1n) is 8.00. The molecule has 2 atom stereocenters. The number of carbonyl (C=O) groups is 1. The molecular formula is C18H24O2. The van der Waals surface area contributed by atoms with Crippen molar-refractivity contribution >= 4 is 5.78 Å². The summed E-state index contributed by atoms with van der Waals surface area (Å²) in [6, 6.07) is 6.18. The second-order valence-electron chi connectivity index (χ2n) is 6.37. The number of aryl methyl sites for hydroxylation is 2. The van der Waals surface area contributed by atoms with Crippen molar-refractivity contribution < 1.29 is 9.53 Å². The second kappa shape index (κ2) is 6.09. The summed E-state index contributed by atoms with van der Waals surface area (Å²) in [4.78, 5) is 12.3. The standard InChI is InChI=1S/C18H24O2/c1-13-5-2-3-8-18(13)20-12-17(19)16-10-9-14-6-4-7-15(14)11-16/h9-11,13,18H,2-8,12H2,1H3. The lowest BCUT2D eigenvalue weighted by Crippen LogP contribution is -2.28. The third-order valence-electron chi connectivity index (χ3n) is 4.88. The number of rotatable bonds is 4. The summed E-state index contributed by atoms with van der Waals surface area (Å²) in [6.07, 6.45) is 8.68. The Bertz CT molecular complexity index is 492. The summed E-state index contributed by atoms with van der Waals surface area (Å²) in [5.41, 5.74) is 3.61. The highest BCUT2D eigenvalue weighted by Crippen LogP contribution is 2.27. The maximum atomic E-state index is 12.3. The third-order valence-corrected chi connectivity index (χ3v) is 4.88. The minimum atomic E-state index is 0.137. The number of ketones is 1. The van der Waals surface area contributed by atoms with Crippen LogP contribution in [0.2, 0.25) is 0 Å². The zero-order chi connectivity index (χ0) is 13.9. The first kappa shape index (κ1) is 13.8. The summed E-state index contributed by atoms with van der Waals surface area (Å²) < 4.78 is 5.88. The largest absolute Gasteiger partial charge is 0.370 e. The molecule has 2 heteroatoms. The zero-order valence-corrected chi connectivity index (χ0v) is 12.4. The number of hydrogen-bond donors (Lipinski definition) is 0. The van der Waals surface area contributed by atoms with E-state index in [1.165, 1.54) is 43.2 Å². The Morgan fingerprint density at radius 1 is 1.15 bits per heavy atom. The van der Waals surface area contributed by atoms with Crippen LogP contribution < -0.4 is 0 Å². The molecule has 0 heterocycles. The van der Waals surface area contributed by atoms with Crippen molar-refractivity contribution in [2.24, 2.45) is 5.92 Å². The van der Waals surface area contributed by atoms with Gasteiger partial charge in [0.05, 0.1) is 6.10 Å². The molecule has 2 unspecified atom stereocenters. The fraction of sp³-hybridized carbons (Fsp3) is 0.611. The van der Waals surface area contributed by atoms with Crippen LogP contribution in [0.15, 0.2) is 18.2 Å². The van der Waals surface area contributed by atoms with Gasteiger partial charge in [-0.15, -0.1) is 0 Å². The molecule has 0 N–H and O–H groups in total. The van der Waals surface area contributed by atoms with Gasteiger partial charge in [-0.2, -0.15) is 0 Å². The lowest BCUT2D eigenvalue weighted by atomic mass is 9.88. The van der Waals surface area contributed by atoms with Crippen LogP contribution >= 0.6 is 0 Å². The number of benzene rings is 1. The van der Waals surface area contributed by atoms with Gasteiger partial charge in [-0.3, -0.25) is 4.79 Å². The molecule has 0 aliphatic heterocycles. The van der Waals surface area contributed by atoms with Crippen molar-refractivity contribution in [3.63, 3.8) is 0 Å². The molecule has 2 nitrogen and oxygen atoms in total. The van der Waals surface area contributed by atoms with Crippen LogP contribution in [0.1, 0.15) is 60.5 Å². The predicted octanol–water partition coefficient (Wildman–Crippen LogP) is 3.95. The molecule has 3 rings (SSSR count). The predicted molar refractivity (Wildman–Crippen MR) is 80.2 cm³/mol. The van der Waals surface area contributed by atoms with Gasteiger partial charge in [-0.1, -0.05) is 31.9 Å². The van der Waals surface area contributed by atoms with Gasteiger partial charge < -0.3 is 4.74 Å². The van der Waals surface area contributed by atoms with Crippen LogP contribution in [-0.4, -0.2) is 18.5 Å². The van der Waals surface area contributed by atoms with Gasteiger partial charge in [0.25, 0.3) is 0 Å². The molecule has 2 aliphatic carbocycles. The smallest absolute Gasteiger partial charge is 0.188 e. The molecule has 1 saturated carbocycles. The molecule has 0 radical (unpaired) electrons. The van der Waals surface area contributed by atoms with Gasteiger partial charge in [-0.05, 0) is 55.2 Å². The minimum Gasteiger partial charge on any atom is -0.370 e. The number of carbonyl (C=O) groups excluding carboxylic acids is 1. The van der Waals surface area contributed by atoms with E-state index in [2.05, 4.69) is 19.1 Å². The van der Waals surface area contributed by atoms with Crippen molar-refractivity contribution in [2.75, 3.05) is 6.61 Å². The van der Waals surface area contributed by atoms with Crippen molar-refractivity contribution in [2.45, 2.75) is 58.0 Å². The normalized spacial score (nSPS) is 25.4. The monoisotopic (exact) mass is 272 g/mol.